The molecule has 1 amide bonds. The van der Waals surface area contributed by atoms with Crippen LogP contribution in [0.2, 0.25) is 0 Å². The molecule has 0 aromatic carbocycles. The van der Waals surface area contributed by atoms with Crippen molar-refractivity contribution < 1.29 is 4.79 Å². The van der Waals surface area contributed by atoms with Crippen molar-refractivity contribution in [2.24, 2.45) is 5.92 Å². The highest BCUT2D eigenvalue weighted by molar-refractivity contribution is 5.77. The summed E-state index contributed by atoms with van der Waals surface area (Å²) in [6.07, 6.45) is 6.03. The summed E-state index contributed by atoms with van der Waals surface area (Å²) >= 11 is 0. The zero-order valence-corrected chi connectivity index (χ0v) is 12.5. The molecule has 3 heterocycles. The number of amides is 1. The molecule has 2 aromatic heterocycles. The SMILES string of the molecule is CC(C)CC(=O)N1CCCC(c2[nH]nc3nccnc23)C1. The van der Waals surface area contributed by atoms with Gasteiger partial charge in [-0.1, -0.05) is 13.8 Å². The summed E-state index contributed by atoms with van der Waals surface area (Å²) in [5.74, 6) is 0.929. The molecule has 1 fully saturated rings. The van der Waals surface area contributed by atoms with Crippen molar-refractivity contribution in [2.75, 3.05) is 13.1 Å². The summed E-state index contributed by atoms with van der Waals surface area (Å²) in [5.41, 5.74) is 2.50. The Bertz CT molecular complexity index is 636. The lowest BCUT2D eigenvalue weighted by Gasteiger charge is -2.32. The maximum Gasteiger partial charge on any atom is 0.222 e. The van der Waals surface area contributed by atoms with Crippen LogP contribution in [0.3, 0.4) is 0 Å². The van der Waals surface area contributed by atoms with Crippen molar-refractivity contribution in [3.63, 3.8) is 0 Å². The zero-order chi connectivity index (χ0) is 14.8. The Morgan fingerprint density at radius 2 is 2.24 bits per heavy atom. The van der Waals surface area contributed by atoms with Gasteiger partial charge in [-0.15, -0.1) is 0 Å². The van der Waals surface area contributed by atoms with Crippen molar-refractivity contribution in [2.45, 2.75) is 39.0 Å². The number of rotatable bonds is 3. The van der Waals surface area contributed by atoms with Crippen LogP contribution in [0.15, 0.2) is 12.4 Å². The van der Waals surface area contributed by atoms with Gasteiger partial charge in [0.25, 0.3) is 0 Å². The monoisotopic (exact) mass is 287 g/mol. The topological polar surface area (TPSA) is 74.8 Å². The Morgan fingerprint density at radius 1 is 1.43 bits per heavy atom. The Morgan fingerprint density at radius 3 is 3.05 bits per heavy atom. The average molecular weight is 287 g/mol. The summed E-state index contributed by atoms with van der Waals surface area (Å²) < 4.78 is 0. The molecule has 6 nitrogen and oxygen atoms in total. The van der Waals surface area contributed by atoms with Crippen molar-refractivity contribution in [3.05, 3.63) is 18.1 Å². The molecule has 1 unspecified atom stereocenters. The molecular weight excluding hydrogens is 266 g/mol. The number of aromatic nitrogens is 4. The van der Waals surface area contributed by atoms with Crippen LogP contribution in [0.4, 0.5) is 0 Å². The number of hydrogen-bond acceptors (Lipinski definition) is 4. The average Bonchev–Trinajstić information content (AvgIpc) is 2.90. The van der Waals surface area contributed by atoms with Crippen LogP contribution in [0, 0.1) is 5.92 Å². The molecule has 1 saturated heterocycles. The molecule has 1 aliphatic heterocycles. The fourth-order valence-corrected chi connectivity index (χ4v) is 2.97. The predicted octanol–water partition coefficient (Wildman–Crippen LogP) is 2.10. The third kappa shape index (κ3) is 2.89. The minimum absolute atomic E-state index is 0.254. The van der Waals surface area contributed by atoms with Gasteiger partial charge in [-0.2, -0.15) is 5.10 Å². The number of fused-ring (bicyclic) bond motifs is 1. The Labute approximate surface area is 124 Å². The second kappa shape index (κ2) is 5.79. The molecule has 0 spiro atoms. The van der Waals surface area contributed by atoms with E-state index in [1.54, 1.807) is 12.4 Å². The standard InChI is InChI=1S/C15H21N5O/c1-10(2)8-12(21)20-7-3-4-11(9-20)13-14-15(19-18-13)17-6-5-16-14/h5-6,10-11H,3-4,7-9H2,1-2H3,(H,17,18,19). The number of nitrogens with zero attached hydrogens (tertiary/aromatic N) is 4. The van der Waals surface area contributed by atoms with E-state index in [4.69, 9.17) is 0 Å². The molecule has 6 heteroatoms. The lowest BCUT2D eigenvalue weighted by molar-refractivity contribution is -0.133. The van der Waals surface area contributed by atoms with Crippen LogP contribution in [-0.2, 0) is 4.79 Å². The summed E-state index contributed by atoms with van der Waals surface area (Å²) in [6, 6.07) is 0. The molecule has 3 rings (SSSR count). The van der Waals surface area contributed by atoms with Gasteiger partial charge in [0.05, 0.1) is 5.69 Å². The number of likely N-dealkylation sites (tertiary alicyclic amines) is 1. The first-order valence-corrected chi connectivity index (χ1v) is 7.58. The fourth-order valence-electron chi connectivity index (χ4n) is 2.97. The van der Waals surface area contributed by atoms with Gasteiger partial charge >= 0.3 is 0 Å². The number of carbonyl (C=O) groups is 1. The number of carbonyl (C=O) groups excluding carboxylic acids is 1. The third-order valence-electron chi connectivity index (χ3n) is 3.98. The number of H-pyrrole nitrogens is 1. The number of nitrogens with one attached hydrogen (secondary N) is 1. The van der Waals surface area contributed by atoms with Crippen LogP contribution >= 0.6 is 0 Å². The Balaban J connectivity index is 1.78. The normalized spacial score (nSPS) is 19.4. The molecule has 1 N–H and O–H groups in total. The van der Waals surface area contributed by atoms with Crippen LogP contribution in [0.1, 0.15) is 44.7 Å². The molecule has 0 radical (unpaired) electrons. The maximum absolute atomic E-state index is 12.3. The van der Waals surface area contributed by atoms with Gasteiger partial charge in [0.2, 0.25) is 5.91 Å². The van der Waals surface area contributed by atoms with E-state index in [-0.39, 0.29) is 11.8 Å². The van der Waals surface area contributed by atoms with Crippen molar-refractivity contribution in [3.8, 4) is 0 Å². The summed E-state index contributed by atoms with van der Waals surface area (Å²) in [6.45, 7) is 5.77. The van der Waals surface area contributed by atoms with Crippen molar-refractivity contribution in [1.29, 1.82) is 0 Å². The van der Waals surface area contributed by atoms with Crippen LogP contribution in [0.5, 0.6) is 0 Å². The molecule has 21 heavy (non-hydrogen) atoms. The molecular formula is C15H21N5O. The van der Waals surface area contributed by atoms with E-state index >= 15 is 0 Å². The minimum atomic E-state index is 0.254. The van der Waals surface area contributed by atoms with Crippen molar-refractivity contribution in [1.82, 2.24) is 25.1 Å². The van der Waals surface area contributed by atoms with E-state index in [0.717, 1.165) is 37.1 Å². The molecule has 112 valence electrons. The molecule has 1 atom stereocenters. The van der Waals surface area contributed by atoms with Gasteiger partial charge in [-0.05, 0) is 18.8 Å². The van der Waals surface area contributed by atoms with Gasteiger partial charge in [-0.3, -0.25) is 9.89 Å². The van der Waals surface area contributed by atoms with E-state index in [2.05, 4.69) is 34.0 Å². The first-order valence-electron chi connectivity index (χ1n) is 7.58. The van der Waals surface area contributed by atoms with Crippen LogP contribution in [0.25, 0.3) is 11.2 Å². The highest BCUT2D eigenvalue weighted by Crippen LogP contribution is 2.29. The van der Waals surface area contributed by atoms with Gasteiger partial charge < -0.3 is 4.90 Å². The number of aromatic amines is 1. The number of hydrogen-bond donors (Lipinski definition) is 1. The Kier molecular flexibility index (Phi) is 3.86. The molecule has 1 aliphatic rings. The molecule has 2 aromatic rings. The summed E-state index contributed by atoms with van der Waals surface area (Å²) in [5, 5.41) is 7.28. The van der Waals surface area contributed by atoms with Crippen molar-refractivity contribution >= 4 is 17.1 Å². The van der Waals surface area contributed by atoms with E-state index in [0.29, 0.717) is 18.0 Å². The molecule has 0 bridgehead atoms. The highest BCUT2D eigenvalue weighted by Gasteiger charge is 2.27. The summed E-state index contributed by atoms with van der Waals surface area (Å²) in [7, 11) is 0. The first kappa shape index (κ1) is 14.0. The lowest BCUT2D eigenvalue weighted by atomic mass is 9.93. The quantitative estimate of drug-likeness (QED) is 0.938. The fraction of sp³-hybridized carbons (Fsp3) is 0.600. The highest BCUT2D eigenvalue weighted by atomic mass is 16.2. The molecule has 0 saturated carbocycles. The van der Waals surface area contributed by atoms with Gasteiger partial charge in [0.15, 0.2) is 5.65 Å². The predicted molar refractivity (Wildman–Crippen MR) is 79.7 cm³/mol. The van der Waals surface area contributed by atoms with Gasteiger partial charge in [0, 0.05) is 37.8 Å². The zero-order valence-electron chi connectivity index (χ0n) is 12.5. The largest absolute Gasteiger partial charge is 0.342 e. The second-order valence-corrected chi connectivity index (χ2v) is 6.14. The van der Waals surface area contributed by atoms with Gasteiger partial charge in [-0.25, -0.2) is 9.97 Å². The minimum Gasteiger partial charge on any atom is -0.342 e. The Hall–Kier alpha value is -1.98. The summed E-state index contributed by atoms with van der Waals surface area (Å²) in [4.78, 5) is 22.8. The molecule has 0 aliphatic carbocycles. The van der Waals surface area contributed by atoms with Crippen LogP contribution < -0.4 is 0 Å². The maximum atomic E-state index is 12.3. The smallest absolute Gasteiger partial charge is 0.222 e. The third-order valence-corrected chi connectivity index (χ3v) is 3.98. The van der Waals surface area contributed by atoms with Crippen LogP contribution in [-0.4, -0.2) is 44.1 Å². The lowest BCUT2D eigenvalue weighted by Crippen LogP contribution is -2.39. The second-order valence-electron chi connectivity index (χ2n) is 6.14. The van der Waals surface area contributed by atoms with E-state index in [9.17, 15) is 4.79 Å². The number of piperidine rings is 1. The van der Waals surface area contributed by atoms with Gasteiger partial charge in [0.1, 0.15) is 5.52 Å². The first-order chi connectivity index (χ1) is 10.1. The van der Waals surface area contributed by atoms with E-state index in [1.165, 1.54) is 0 Å². The van der Waals surface area contributed by atoms with E-state index in [1.807, 2.05) is 4.90 Å². The van der Waals surface area contributed by atoms with E-state index < -0.39 is 0 Å².